The van der Waals surface area contributed by atoms with Crippen molar-refractivity contribution in [3.63, 3.8) is 0 Å². The summed E-state index contributed by atoms with van der Waals surface area (Å²) >= 11 is 0. The number of hydrogen-bond acceptors (Lipinski definition) is 3. The van der Waals surface area contributed by atoms with Crippen molar-refractivity contribution in [3.05, 3.63) is 0 Å². The van der Waals surface area contributed by atoms with E-state index in [9.17, 15) is 4.79 Å². The summed E-state index contributed by atoms with van der Waals surface area (Å²) in [5.74, 6) is -0.435. The van der Waals surface area contributed by atoms with Gasteiger partial charge in [-0.15, -0.1) is 0 Å². The van der Waals surface area contributed by atoms with E-state index in [0.29, 0.717) is 12.5 Å². The third-order valence-electron chi connectivity index (χ3n) is 2.09. The minimum absolute atomic E-state index is 0.0686. The summed E-state index contributed by atoms with van der Waals surface area (Å²) in [7, 11) is 0. The van der Waals surface area contributed by atoms with Gasteiger partial charge in [0.25, 0.3) is 0 Å². The molecule has 3 nitrogen and oxygen atoms in total. The number of hydrogen-bond donors (Lipinski definition) is 0. The quantitative estimate of drug-likeness (QED) is 0.636. The van der Waals surface area contributed by atoms with E-state index in [1.165, 1.54) is 0 Å². The third kappa shape index (κ3) is 4.27. The Labute approximate surface area is 86.1 Å². The smallest absolute Gasteiger partial charge is 0.323 e. The molecule has 0 radical (unpaired) electrons. The van der Waals surface area contributed by atoms with E-state index in [1.807, 2.05) is 13.0 Å². The Hall–Kier alpha value is -1.04. The molecule has 0 amide bonds. The first kappa shape index (κ1) is 13.0. The van der Waals surface area contributed by atoms with Crippen molar-refractivity contribution in [3.8, 4) is 6.07 Å². The van der Waals surface area contributed by atoms with Crippen molar-refractivity contribution < 1.29 is 9.53 Å². The standard InChI is InChI=1S/C11H19NO2/c1-5-14-11(13)10(7-12)9(4)6-8(2)3/h8-10H,5-6H2,1-4H3. The Kier molecular flexibility index (Phi) is 5.94. The molecule has 0 aliphatic heterocycles. The lowest BCUT2D eigenvalue weighted by atomic mass is 9.88. The number of esters is 1. The van der Waals surface area contributed by atoms with Crippen molar-refractivity contribution in [1.82, 2.24) is 0 Å². The fourth-order valence-corrected chi connectivity index (χ4v) is 1.52. The summed E-state index contributed by atoms with van der Waals surface area (Å²) in [6.45, 7) is 8.17. The highest BCUT2D eigenvalue weighted by molar-refractivity contribution is 5.75. The summed E-state index contributed by atoms with van der Waals surface area (Å²) in [6, 6.07) is 2.02. The van der Waals surface area contributed by atoms with Crippen LogP contribution in [0.3, 0.4) is 0 Å². The second kappa shape index (κ2) is 6.42. The van der Waals surface area contributed by atoms with Gasteiger partial charge >= 0.3 is 5.97 Å². The highest BCUT2D eigenvalue weighted by Gasteiger charge is 2.26. The molecule has 0 spiro atoms. The van der Waals surface area contributed by atoms with E-state index >= 15 is 0 Å². The summed E-state index contributed by atoms with van der Waals surface area (Å²) < 4.78 is 4.84. The van der Waals surface area contributed by atoms with Gasteiger partial charge in [0.1, 0.15) is 5.92 Å². The topological polar surface area (TPSA) is 50.1 Å². The Morgan fingerprint density at radius 3 is 2.36 bits per heavy atom. The maximum atomic E-state index is 11.4. The van der Waals surface area contributed by atoms with Crippen LogP contribution in [-0.4, -0.2) is 12.6 Å². The molecule has 0 fully saturated rings. The van der Waals surface area contributed by atoms with Crippen LogP contribution in [-0.2, 0) is 9.53 Å². The van der Waals surface area contributed by atoms with Gasteiger partial charge < -0.3 is 4.74 Å². The van der Waals surface area contributed by atoms with Gasteiger partial charge in [0, 0.05) is 0 Å². The van der Waals surface area contributed by atoms with Crippen molar-refractivity contribution in [2.45, 2.75) is 34.1 Å². The minimum Gasteiger partial charge on any atom is -0.465 e. The van der Waals surface area contributed by atoms with Crippen molar-refractivity contribution in [1.29, 1.82) is 5.26 Å². The fourth-order valence-electron chi connectivity index (χ4n) is 1.52. The molecular formula is C11H19NO2. The molecule has 0 N–H and O–H groups in total. The number of nitrogens with zero attached hydrogens (tertiary/aromatic N) is 1. The van der Waals surface area contributed by atoms with Gasteiger partial charge in [-0.25, -0.2) is 0 Å². The molecule has 0 aliphatic rings. The fraction of sp³-hybridized carbons (Fsp3) is 0.818. The van der Waals surface area contributed by atoms with Gasteiger partial charge in [0.15, 0.2) is 0 Å². The Bertz CT molecular complexity index is 218. The highest BCUT2D eigenvalue weighted by Crippen LogP contribution is 2.20. The average Bonchev–Trinajstić information content (AvgIpc) is 2.04. The largest absolute Gasteiger partial charge is 0.465 e. The van der Waals surface area contributed by atoms with Crippen LogP contribution in [0.1, 0.15) is 34.1 Å². The molecule has 80 valence electrons. The predicted octanol–water partition coefficient (Wildman–Crippen LogP) is 2.37. The van der Waals surface area contributed by atoms with E-state index in [-0.39, 0.29) is 11.9 Å². The van der Waals surface area contributed by atoms with Gasteiger partial charge in [0.05, 0.1) is 12.7 Å². The Morgan fingerprint density at radius 1 is 1.43 bits per heavy atom. The molecule has 0 aromatic carbocycles. The maximum absolute atomic E-state index is 11.4. The van der Waals surface area contributed by atoms with Crippen LogP contribution in [0.2, 0.25) is 0 Å². The van der Waals surface area contributed by atoms with Gasteiger partial charge in [-0.1, -0.05) is 20.8 Å². The molecule has 2 unspecified atom stereocenters. The SMILES string of the molecule is CCOC(=O)C(C#N)C(C)CC(C)C. The zero-order chi connectivity index (χ0) is 11.1. The first-order valence-electron chi connectivity index (χ1n) is 5.09. The van der Waals surface area contributed by atoms with Crippen molar-refractivity contribution in [2.75, 3.05) is 6.61 Å². The van der Waals surface area contributed by atoms with Crippen LogP contribution in [0.5, 0.6) is 0 Å². The molecule has 0 heterocycles. The van der Waals surface area contributed by atoms with Crippen LogP contribution in [0.15, 0.2) is 0 Å². The molecule has 0 saturated heterocycles. The second-order valence-corrected chi connectivity index (χ2v) is 3.97. The molecule has 0 aliphatic carbocycles. The van der Waals surface area contributed by atoms with Gasteiger partial charge in [-0.2, -0.15) is 5.26 Å². The van der Waals surface area contributed by atoms with Crippen molar-refractivity contribution in [2.24, 2.45) is 17.8 Å². The lowest BCUT2D eigenvalue weighted by molar-refractivity contribution is -0.147. The number of ether oxygens (including phenoxy) is 1. The van der Waals surface area contributed by atoms with Gasteiger partial charge in [0.2, 0.25) is 0 Å². The second-order valence-electron chi connectivity index (χ2n) is 3.97. The van der Waals surface area contributed by atoms with E-state index in [0.717, 1.165) is 6.42 Å². The Morgan fingerprint density at radius 2 is 2.00 bits per heavy atom. The first-order chi connectivity index (χ1) is 6.52. The summed E-state index contributed by atoms with van der Waals surface area (Å²) in [4.78, 5) is 11.4. The average molecular weight is 197 g/mol. The zero-order valence-corrected chi connectivity index (χ0v) is 9.41. The minimum atomic E-state index is -0.614. The number of nitriles is 1. The molecule has 0 bridgehead atoms. The summed E-state index contributed by atoms with van der Waals surface area (Å²) in [5.41, 5.74) is 0. The van der Waals surface area contributed by atoms with Crippen LogP contribution in [0.4, 0.5) is 0 Å². The molecular weight excluding hydrogens is 178 g/mol. The van der Waals surface area contributed by atoms with E-state index in [4.69, 9.17) is 10.00 Å². The highest BCUT2D eigenvalue weighted by atomic mass is 16.5. The number of carbonyl (C=O) groups excluding carboxylic acids is 1. The predicted molar refractivity (Wildman–Crippen MR) is 54.4 cm³/mol. The number of carbonyl (C=O) groups is 1. The van der Waals surface area contributed by atoms with Crippen molar-refractivity contribution >= 4 is 5.97 Å². The maximum Gasteiger partial charge on any atom is 0.323 e. The van der Waals surface area contributed by atoms with Gasteiger partial charge in [-0.3, -0.25) is 4.79 Å². The normalized spacial score (nSPS) is 14.6. The lowest BCUT2D eigenvalue weighted by Crippen LogP contribution is -2.23. The van der Waals surface area contributed by atoms with Crippen LogP contribution in [0.25, 0.3) is 0 Å². The van der Waals surface area contributed by atoms with E-state index < -0.39 is 5.92 Å². The molecule has 3 heteroatoms. The lowest BCUT2D eigenvalue weighted by Gasteiger charge is -2.17. The molecule has 2 atom stereocenters. The van der Waals surface area contributed by atoms with Crippen LogP contribution in [0, 0.1) is 29.1 Å². The van der Waals surface area contributed by atoms with Crippen LogP contribution >= 0.6 is 0 Å². The first-order valence-corrected chi connectivity index (χ1v) is 5.09. The molecule has 14 heavy (non-hydrogen) atoms. The van der Waals surface area contributed by atoms with Gasteiger partial charge in [-0.05, 0) is 25.2 Å². The third-order valence-corrected chi connectivity index (χ3v) is 2.09. The molecule has 0 aromatic heterocycles. The monoisotopic (exact) mass is 197 g/mol. The van der Waals surface area contributed by atoms with E-state index in [1.54, 1.807) is 6.92 Å². The number of rotatable bonds is 5. The molecule has 0 saturated carbocycles. The van der Waals surface area contributed by atoms with E-state index in [2.05, 4.69) is 13.8 Å². The van der Waals surface area contributed by atoms with Crippen LogP contribution < -0.4 is 0 Å². The summed E-state index contributed by atoms with van der Waals surface area (Å²) in [6.07, 6.45) is 0.872. The molecule has 0 rings (SSSR count). The summed E-state index contributed by atoms with van der Waals surface area (Å²) in [5, 5.41) is 8.86. The Balaban J connectivity index is 4.26. The molecule has 0 aromatic rings. The zero-order valence-electron chi connectivity index (χ0n) is 9.41.